The Balaban J connectivity index is 1.80. The van der Waals surface area contributed by atoms with Gasteiger partial charge in [0.2, 0.25) is 0 Å². The van der Waals surface area contributed by atoms with Crippen molar-refractivity contribution in [3.05, 3.63) is 76.7 Å². The lowest BCUT2D eigenvalue weighted by Gasteiger charge is -2.18. The van der Waals surface area contributed by atoms with Crippen molar-refractivity contribution in [3.8, 4) is 0 Å². The summed E-state index contributed by atoms with van der Waals surface area (Å²) in [4.78, 5) is 18.7. The van der Waals surface area contributed by atoms with Gasteiger partial charge in [-0.3, -0.25) is 4.79 Å². The lowest BCUT2D eigenvalue weighted by atomic mass is 10.1. The first kappa shape index (κ1) is 15.2. The van der Waals surface area contributed by atoms with Crippen LogP contribution >= 0.6 is 11.3 Å². The van der Waals surface area contributed by atoms with Crippen LogP contribution in [-0.2, 0) is 6.54 Å². The molecule has 3 aromatic rings. The Labute approximate surface area is 139 Å². The molecule has 3 rings (SSSR count). The monoisotopic (exact) mass is 323 g/mol. The van der Waals surface area contributed by atoms with Gasteiger partial charge in [-0.2, -0.15) is 0 Å². The Bertz CT molecular complexity index is 772. The van der Waals surface area contributed by atoms with Gasteiger partial charge in [0.15, 0.2) is 0 Å². The van der Waals surface area contributed by atoms with E-state index >= 15 is 0 Å². The average molecular weight is 323 g/mol. The number of rotatable bonds is 5. The van der Waals surface area contributed by atoms with Gasteiger partial charge in [-0.05, 0) is 24.3 Å². The Kier molecular flexibility index (Phi) is 4.68. The number of hydrogen-bond acceptors (Lipinski definition) is 4. The van der Waals surface area contributed by atoms with Crippen molar-refractivity contribution in [1.29, 1.82) is 0 Å². The molecule has 0 radical (unpaired) electrons. The highest BCUT2D eigenvalue weighted by atomic mass is 32.1. The van der Waals surface area contributed by atoms with E-state index in [4.69, 9.17) is 0 Å². The number of carbonyl (C=O) groups is 1. The van der Waals surface area contributed by atoms with Crippen molar-refractivity contribution in [1.82, 2.24) is 9.88 Å². The van der Waals surface area contributed by atoms with Crippen LogP contribution in [0, 0.1) is 0 Å². The topological polar surface area (TPSA) is 45.2 Å². The number of anilines is 2. The summed E-state index contributed by atoms with van der Waals surface area (Å²) >= 11 is 1.53. The summed E-state index contributed by atoms with van der Waals surface area (Å²) < 4.78 is 0. The summed E-state index contributed by atoms with van der Waals surface area (Å²) in [5.74, 6) is -0.0305. The molecule has 2 aromatic carbocycles. The summed E-state index contributed by atoms with van der Waals surface area (Å²) in [6, 6.07) is 17.4. The largest absolute Gasteiger partial charge is 0.355 e. The van der Waals surface area contributed by atoms with Gasteiger partial charge in [0.1, 0.15) is 0 Å². The first-order valence-corrected chi connectivity index (χ1v) is 8.22. The van der Waals surface area contributed by atoms with Crippen LogP contribution in [0.25, 0.3) is 0 Å². The van der Waals surface area contributed by atoms with E-state index in [1.54, 1.807) is 17.5 Å². The second kappa shape index (κ2) is 7.07. The summed E-state index contributed by atoms with van der Waals surface area (Å²) in [5, 5.41) is 5.26. The van der Waals surface area contributed by atoms with Crippen molar-refractivity contribution >= 4 is 28.6 Å². The van der Waals surface area contributed by atoms with Crippen LogP contribution in [0.3, 0.4) is 0 Å². The maximum absolute atomic E-state index is 12.7. The third kappa shape index (κ3) is 3.76. The molecule has 23 heavy (non-hydrogen) atoms. The molecule has 4 nitrogen and oxygen atoms in total. The van der Waals surface area contributed by atoms with Crippen molar-refractivity contribution in [2.24, 2.45) is 0 Å². The van der Waals surface area contributed by atoms with Gasteiger partial charge in [0.05, 0.1) is 29.0 Å². The maximum atomic E-state index is 12.7. The van der Waals surface area contributed by atoms with Crippen LogP contribution < -0.4 is 5.32 Å². The van der Waals surface area contributed by atoms with Gasteiger partial charge in [-0.25, -0.2) is 4.98 Å². The smallest absolute Gasteiger partial charge is 0.256 e. The highest BCUT2D eigenvalue weighted by Gasteiger charge is 2.16. The third-order valence-electron chi connectivity index (χ3n) is 3.44. The number of para-hydroxylation sites is 2. The molecule has 1 amide bonds. The lowest BCUT2D eigenvalue weighted by Crippen LogP contribution is -2.27. The molecule has 1 heterocycles. The van der Waals surface area contributed by atoms with Crippen molar-refractivity contribution in [2.75, 3.05) is 12.4 Å². The van der Waals surface area contributed by atoms with E-state index in [1.807, 2.05) is 60.0 Å². The molecule has 0 fully saturated rings. The van der Waals surface area contributed by atoms with E-state index in [2.05, 4.69) is 10.3 Å². The molecule has 0 aliphatic rings. The summed E-state index contributed by atoms with van der Waals surface area (Å²) in [6.45, 7) is 0.502. The lowest BCUT2D eigenvalue weighted by molar-refractivity contribution is 0.0784. The fourth-order valence-corrected chi connectivity index (χ4v) is 2.84. The van der Waals surface area contributed by atoms with Gasteiger partial charge >= 0.3 is 0 Å². The summed E-state index contributed by atoms with van der Waals surface area (Å²) in [5.41, 5.74) is 5.08. The Morgan fingerprint density at radius 2 is 1.87 bits per heavy atom. The molecule has 0 saturated carbocycles. The van der Waals surface area contributed by atoms with Crippen LogP contribution in [0.4, 0.5) is 11.4 Å². The second-order valence-electron chi connectivity index (χ2n) is 5.18. The molecule has 116 valence electrons. The normalized spacial score (nSPS) is 10.3. The predicted octanol–water partition coefficient (Wildman–Crippen LogP) is 4.16. The Morgan fingerprint density at radius 1 is 1.13 bits per heavy atom. The van der Waals surface area contributed by atoms with Crippen molar-refractivity contribution in [2.45, 2.75) is 6.54 Å². The number of nitrogens with one attached hydrogen (secondary N) is 1. The Morgan fingerprint density at radius 3 is 2.61 bits per heavy atom. The standard InChI is InChI=1S/C18H17N3OS/c1-21(11-15-12-23-13-19-15)18(22)16-9-5-6-10-17(16)20-14-7-3-2-4-8-14/h2-10,12-13,20H,11H2,1H3. The first-order chi connectivity index (χ1) is 11.2. The fourth-order valence-electron chi connectivity index (χ4n) is 2.29. The molecule has 0 saturated heterocycles. The highest BCUT2D eigenvalue weighted by Crippen LogP contribution is 2.22. The molecule has 0 bridgehead atoms. The van der Waals surface area contributed by atoms with Crippen LogP contribution in [0.2, 0.25) is 0 Å². The molecule has 1 aromatic heterocycles. The molecule has 0 unspecified atom stereocenters. The minimum Gasteiger partial charge on any atom is -0.355 e. The van der Waals surface area contributed by atoms with E-state index < -0.39 is 0 Å². The van der Waals surface area contributed by atoms with E-state index in [0.717, 1.165) is 17.1 Å². The second-order valence-corrected chi connectivity index (χ2v) is 5.90. The van der Waals surface area contributed by atoms with Crippen LogP contribution in [0.1, 0.15) is 16.1 Å². The van der Waals surface area contributed by atoms with Gasteiger partial charge < -0.3 is 10.2 Å². The third-order valence-corrected chi connectivity index (χ3v) is 4.07. The molecular weight excluding hydrogens is 306 g/mol. The highest BCUT2D eigenvalue weighted by molar-refractivity contribution is 7.07. The van der Waals surface area contributed by atoms with Gasteiger partial charge in [-0.1, -0.05) is 30.3 Å². The van der Waals surface area contributed by atoms with E-state index in [0.29, 0.717) is 12.1 Å². The van der Waals surface area contributed by atoms with Gasteiger partial charge in [0.25, 0.3) is 5.91 Å². The number of nitrogens with zero attached hydrogens (tertiary/aromatic N) is 2. The van der Waals surface area contributed by atoms with Crippen LogP contribution in [0.15, 0.2) is 65.5 Å². The Hall–Kier alpha value is -2.66. The molecule has 0 atom stereocenters. The minimum absolute atomic E-state index is 0.0305. The number of carbonyl (C=O) groups excluding carboxylic acids is 1. The van der Waals surface area contributed by atoms with Crippen LogP contribution in [-0.4, -0.2) is 22.8 Å². The SMILES string of the molecule is CN(Cc1cscn1)C(=O)c1ccccc1Nc1ccccc1. The number of amides is 1. The zero-order chi connectivity index (χ0) is 16.1. The number of benzene rings is 2. The zero-order valence-corrected chi connectivity index (χ0v) is 13.6. The maximum Gasteiger partial charge on any atom is 0.256 e. The predicted molar refractivity (Wildman–Crippen MR) is 94.1 cm³/mol. The molecule has 5 heteroatoms. The molecular formula is C18H17N3OS. The average Bonchev–Trinajstić information content (AvgIpc) is 3.08. The van der Waals surface area contributed by atoms with E-state index in [9.17, 15) is 4.79 Å². The van der Waals surface area contributed by atoms with Crippen LogP contribution in [0.5, 0.6) is 0 Å². The number of aromatic nitrogens is 1. The summed E-state index contributed by atoms with van der Waals surface area (Å²) in [7, 11) is 1.79. The van der Waals surface area contributed by atoms with Crippen molar-refractivity contribution in [3.63, 3.8) is 0 Å². The molecule has 0 aliphatic heterocycles. The molecule has 0 spiro atoms. The van der Waals surface area contributed by atoms with E-state index in [1.165, 1.54) is 11.3 Å². The summed E-state index contributed by atoms with van der Waals surface area (Å²) in [6.07, 6.45) is 0. The first-order valence-electron chi connectivity index (χ1n) is 7.27. The molecule has 0 aliphatic carbocycles. The van der Waals surface area contributed by atoms with E-state index in [-0.39, 0.29) is 5.91 Å². The number of thiazole rings is 1. The fraction of sp³-hybridized carbons (Fsp3) is 0.111. The molecule has 1 N–H and O–H groups in total. The zero-order valence-electron chi connectivity index (χ0n) is 12.8. The van der Waals surface area contributed by atoms with Crippen molar-refractivity contribution < 1.29 is 4.79 Å². The quantitative estimate of drug-likeness (QED) is 0.767. The minimum atomic E-state index is -0.0305. The van der Waals surface area contributed by atoms with Gasteiger partial charge in [-0.15, -0.1) is 11.3 Å². The number of hydrogen-bond donors (Lipinski definition) is 1. The van der Waals surface area contributed by atoms with Gasteiger partial charge in [0, 0.05) is 18.1 Å².